The Morgan fingerprint density at radius 1 is 1.24 bits per heavy atom. The molecule has 21 heavy (non-hydrogen) atoms. The van der Waals surface area contributed by atoms with Crippen molar-refractivity contribution >= 4 is 23.1 Å². The molecule has 0 aliphatic heterocycles. The highest BCUT2D eigenvalue weighted by molar-refractivity contribution is 6.30. The van der Waals surface area contributed by atoms with E-state index in [9.17, 15) is 9.90 Å². The highest BCUT2D eigenvalue weighted by atomic mass is 35.5. The highest BCUT2D eigenvalue weighted by Gasteiger charge is 2.02. The van der Waals surface area contributed by atoms with Crippen molar-refractivity contribution in [1.29, 1.82) is 0 Å². The van der Waals surface area contributed by atoms with E-state index in [2.05, 4.69) is 5.32 Å². The summed E-state index contributed by atoms with van der Waals surface area (Å²) in [7, 11) is 1.57. The number of hydrogen-bond acceptors (Lipinski definition) is 4. The Morgan fingerprint density at radius 3 is 2.57 bits per heavy atom. The number of aromatic hydroxyl groups is 1. The monoisotopic (exact) mass is 303 g/mol. The molecule has 2 N–H and O–H groups in total. The number of rotatable bonds is 5. The molecule has 0 saturated heterocycles. The van der Waals surface area contributed by atoms with Crippen LogP contribution in [0.1, 0.15) is 10.4 Å². The molecular weight excluding hydrogens is 290 g/mol. The van der Waals surface area contributed by atoms with Crippen molar-refractivity contribution in [3.05, 3.63) is 65.3 Å². The van der Waals surface area contributed by atoms with Gasteiger partial charge in [-0.05, 0) is 36.4 Å². The number of allylic oxidation sites excluding steroid dienone is 1. The fraction of sp³-hybridized carbons (Fsp3) is 0.0625. The zero-order chi connectivity index (χ0) is 15.2. The molecule has 0 spiro atoms. The second kappa shape index (κ2) is 6.81. The van der Waals surface area contributed by atoms with E-state index in [-0.39, 0.29) is 11.5 Å². The molecule has 5 heteroatoms. The van der Waals surface area contributed by atoms with Gasteiger partial charge in [0.2, 0.25) is 0 Å². The molecule has 2 aromatic carbocycles. The first-order valence-corrected chi connectivity index (χ1v) is 6.58. The van der Waals surface area contributed by atoms with Gasteiger partial charge in [-0.1, -0.05) is 11.6 Å². The summed E-state index contributed by atoms with van der Waals surface area (Å²) in [6.07, 6.45) is 2.85. The Hall–Kier alpha value is -2.46. The van der Waals surface area contributed by atoms with E-state index in [1.165, 1.54) is 18.3 Å². The molecule has 0 bridgehead atoms. The van der Waals surface area contributed by atoms with Crippen molar-refractivity contribution in [3.63, 3.8) is 0 Å². The van der Waals surface area contributed by atoms with Crippen LogP contribution in [0.3, 0.4) is 0 Å². The summed E-state index contributed by atoms with van der Waals surface area (Å²) in [6.45, 7) is 0. The summed E-state index contributed by atoms with van der Waals surface area (Å²) in [5.74, 6) is 0.558. The lowest BCUT2D eigenvalue weighted by atomic mass is 10.1. The Kier molecular flexibility index (Phi) is 4.85. The first kappa shape index (κ1) is 14.9. The van der Waals surface area contributed by atoms with Crippen LogP contribution < -0.4 is 10.1 Å². The number of hydrogen-bond donors (Lipinski definition) is 2. The lowest BCUT2D eigenvalue weighted by molar-refractivity contribution is 0.104. The van der Waals surface area contributed by atoms with E-state index in [4.69, 9.17) is 16.3 Å². The molecule has 0 saturated carbocycles. The summed E-state index contributed by atoms with van der Waals surface area (Å²) < 4.78 is 5.03. The summed E-state index contributed by atoms with van der Waals surface area (Å²) in [5.41, 5.74) is 1.02. The van der Waals surface area contributed by atoms with Crippen LogP contribution in [0.25, 0.3) is 0 Å². The van der Waals surface area contributed by atoms with Gasteiger partial charge in [-0.15, -0.1) is 0 Å². The second-order valence-corrected chi connectivity index (χ2v) is 4.67. The Labute approximate surface area is 127 Å². The highest BCUT2D eigenvalue weighted by Crippen LogP contribution is 2.26. The van der Waals surface area contributed by atoms with Crippen molar-refractivity contribution in [1.82, 2.24) is 0 Å². The lowest BCUT2D eigenvalue weighted by Crippen LogP contribution is -1.96. The van der Waals surface area contributed by atoms with E-state index in [1.807, 2.05) is 0 Å². The van der Waals surface area contributed by atoms with Gasteiger partial charge in [-0.2, -0.15) is 0 Å². The summed E-state index contributed by atoms with van der Waals surface area (Å²) in [6, 6.07) is 11.5. The number of methoxy groups -OCH3 is 1. The zero-order valence-corrected chi connectivity index (χ0v) is 12.1. The average Bonchev–Trinajstić information content (AvgIpc) is 2.49. The van der Waals surface area contributed by atoms with Gasteiger partial charge >= 0.3 is 0 Å². The average molecular weight is 304 g/mol. The van der Waals surface area contributed by atoms with Gasteiger partial charge in [0.1, 0.15) is 11.5 Å². The van der Waals surface area contributed by atoms with Crippen LogP contribution in [0.2, 0.25) is 5.02 Å². The Balaban J connectivity index is 2.01. The molecule has 0 fully saturated rings. The molecule has 108 valence electrons. The molecule has 2 rings (SSSR count). The molecule has 0 aromatic heterocycles. The van der Waals surface area contributed by atoms with Crippen molar-refractivity contribution in [3.8, 4) is 11.5 Å². The van der Waals surface area contributed by atoms with Gasteiger partial charge in [0.15, 0.2) is 5.78 Å². The summed E-state index contributed by atoms with van der Waals surface area (Å²) >= 11 is 5.74. The SMILES string of the molecule is COc1ccc(C(=O)/C=C/Nc2ccc(Cl)cc2O)cc1. The van der Waals surface area contributed by atoms with Crippen molar-refractivity contribution in [2.75, 3.05) is 12.4 Å². The molecule has 4 nitrogen and oxygen atoms in total. The minimum atomic E-state index is -0.154. The lowest BCUT2D eigenvalue weighted by Gasteiger charge is -2.04. The molecule has 0 unspecified atom stereocenters. The molecular formula is C16H14ClNO3. The van der Waals surface area contributed by atoms with E-state index >= 15 is 0 Å². The third-order valence-electron chi connectivity index (χ3n) is 2.81. The van der Waals surface area contributed by atoms with Gasteiger partial charge in [0.25, 0.3) is 0 Å². The number of carbonyl (C=O) groups is 1. The van der Waals surface area contributed by atoms with Gasteiger partial charge in [-0.3, -0.25) is 4.79 Å². The van der Waals surface area contributed by atoms with Crippen LogP contribution in [0.4, 0.5) is 5.69 Å². The van der Waals surface area contributed by atoms with Gasteiger partial charge in [-0.25, -0.2) is 0 Å². The quantitative estimate of drug-likeness (QED) is 0.500. The largest absolute Gasteiger partial charge is 0.506 e. The normalized spacial score (nSPS) is 10.6. The first-order valence-electron chi connectivity index (χ1n) is 6.20. The van der Waals surface area contributed by atoms with E-state index in [0.717, 1.165) is 0 Å². The molecule has 0 heterocycles. The van der Waals surface area contributed by atoms with E-state index < -0.39 is 0 Å². The fourth-order valence-electron chi connectivity index (χ4n) is 1.69. The predicted octanol–water partition coefficient (Wildman–Crippen LogP) is 3.86. The van der Waals surface area contributed by atoms with Crippen LogP contribution in [-0.4, -0.2) is 18.0 Å². The third kappa shape index (κ3) is 4.00. The van der Waals surface area contributed by atoms with E-state index in [0.29, 0.717) is 22.0 Å². The van der Waals surface area contributed by atoms with Crippen LogP contribution in [-0.2, 0) is 0 Å². The molecule has 0 atom stereocenters. The van der Waals surface area contributed by atoms with Crippen molar-refractivity contribution in [2.45, 2.75) is 0 Å². The maximum absolute atomic E-state index is 11.9. The molecule has 2 aromatic rings. The Bertz CT molecular complexity index is 666. The van der Waals surface area contributed by atoms with Crippen molar-refractivity contribution < 1.29 is 14.6 Å². The molecule has 0 aliphatic carbocycles. The topological polar surface area (TPSA) is 58.6 Å². The standard InChI is InChI=1S/C16H14ClNO3/c1-21-13-5-2-11(3-6-13)15(19)8-9-18-14-7-4-12(17)10-16(14)20/h2-10,18,20H,1H3/b9-8+. The number of phenols is 1. The van der Waals surface area contributed by atoms with Crippen molar-refractivity contribution in [2.24, 2.45) is 0 Å². The maximum Gasteiger partial charge on any atom is 0.187 e. The number of nitrogens with one attached hydrogen (secondary N) is 1. The number of anilines is 1. The fourth-order valence-corrected chi connectivity index (χ4v) is 1.85. The number of benzene rings is 2. The Morgan fingerprint density at radius 2 is 1.95 bits per heavy atom. The minimum Gasteiger partial charge on any atom is -0.506 e. The number of ketones is 1. The number of halogens is 1. The third-order valence-corrected chi connectivity index (χ3v) is 3.04. The molecule has 0 amide bonds. The van der Waals surface area contributed by atoms with Crippen LogP contribution in [0, 0.1) is 0 Å². The van der Waals surface area contributed by atoms with E-state index in [1.54, 1.807) is 43.5 Å². The minimum absolute atomic E-state index is 0.0176. The van der Waals surface area contributed by atoms with Crippen LogP contribution in [0.5, 0.6) is 11.5 Å². The smallest absolute Gasteiger partial charge is 0.187 e. The van der Waals surface area contributed by atoms with Crippen LogP contribution in [0.15, 0.2) is 54.7 Å². The maximum atomic E-state index is 11.9. The first-order chi connectivity index (χ1) is 10.1. The number of carbonyl (C=O) groups excluding carboxylic acids is 1. The summed E-state index contributed by atoms with van der Waals surface area (Å²) in [5, 5.41) is 12.9. The van der Waals surface area contributed by atoms with Crippen LogP contribution >= 0.6 is 11.6 Å². The number of phenolic OH excluding ortho intramolecular Hbond substituents is 1. The molecule has 0 aliphatic rings. The van der Waals surface area contributed by atoms with Gasteiger partial charge in [0.05, 0.1) is 12.8 Å². The molecule has 0 radical (unpaired) electrons. The summed E-state index contributed by atoms with van der Waals surface area (Å²) in [4.78, 5) is 11.9. The van der Waals surface area contributed by atoms with Gasteiger partial charge in [0, 0.05) is 28.9 Å². The zero-order valence-electron chi connectivity index (χ0n) is 11.3. The van der Waals surface area contributed by atoms with Gasteiger partial charge < -0.3 is 15.2 Å². The number of ether oxygens (including phenoxy) is 1. The predicted molar refractivity (Wildman–Crippen MR) is 83.2 cm³/mol. The second-order valence-electron chi connectivity index (χ2n) is 4.23.